The molecule has 2 N–H and O–H groups in total. The van der Waals surface area contributed by atoms with Crippen molar-refractivity contribution in [3.63, 3.8) is 0 Å². The lowest BCUT2D eigenvalue weighted by atomic mass is 10.1. The number of H-pyrrole nitrogens is 1. The number of pyridine rings is 1. The summed E-state index contributed by atoms with van der Waals surface area (Å²) >= 11 is 0. The zero-order valence-electron chi connectivity index (χ0n) is 16.2. The summed E-state index contributed by atoms with van der Waals surface area (Å²) in [4.78, 5) is 11.6. The predicted octanol–water partition coefficient (Wildman–Crippen LogP) is 5.54. The van der Waals surface area contributed by atoms with Crippen molar-refractivity contribution in [2.24, 2.45) is 4.99 Å². The summed E-state index contributed by atoms with van der Waals surface area (Å²) in [5.74, 6) is -0.357. The fourth-order valence-corrected chi connectivity index (χ4v) is 2.97. The van der Waals surface area contributed by atoms with Crippen molar-refractivity contribution in [1.29, 1.82) is 0 Å². The highest BCUT2D eigenvalue weighted by molar-refractivity contribution is 5.93. The Morgan fingerprint density at radius 2 is 2.07 bits per heavy atom. The molecule has 2 heterocycles. The largest absolute Gasteiger partial charge is 0.416 e. The lowest BCUT2D eigenvalue weighted by Crippen LogP contribution is -2.23. The van der Waals surface area contributed by atoms with Gasteiger partial charge in [-0.2, -0.15) is 13.2 Å². The van der Waals surface area contributed by atoms with E-state index in [2.05, 4.69) is 20.3 Å². The van der Waals surface area contributed by atoms with Crippen molar-refractivity contribution in [1.82, 2.24) is 15.3 Å². The van der Waals surface area contributed by atoms with Gasteiger partial charge in [0.15, 0.2) is 0 Å². The molecule has 30 heavy (non-hydrogen) atoms. The van der Waals surface area contributed by atoms with Crippen LogP contribution in [0.15, 0.2) is 72.1 Å². The van der Waals surface area contributed by atoms with Crippen LogP contribution in [0.3, 0.4) is 0 Å². The topological polar surface area (TPSA) is 53.1 Å². The number of aromatic amines is 1. The summed E-state index contributed by atoms with van der Waals surface area (Å²) in [6.45, 7) is 1.56. The smallest absolute Gasteiger partial charge is 0.366 e. The van der Waals surface area contributed by atoms with Crippen LogP contribution in [0.2, 0.25) is 0 Å². The second-order valence-electron chi connectivity index (χ2n) is 6.47. The molecule has 0 aliphatic heterocycles. The summed E-state index contributed by atoms with van der Waals surface area (Å²) in [5, 5.41) is 3.85. The van der Waals surface area contributed by atoms with Gasteiger partial charge in [0, 0.05) is 30.5 Å². The molecule has 0 radical (unpaired) electrons. The number of nitrogens with one attached hydrogen (secondary N) is 2. The third kappa shape index (κ3) is 5.34. The minimum absolute atomic E-state index is 0.185. The second kappa shape index (κ2) is 9.39. The monoisotopic (exact) mass is 416 g/mol. The van der Waals surface area contributed by atoms with E-state index in [9.17, 15) is 17.6 Å². The molecule has 0 spiro atoms. The highest BCUT2D eigenvalue weighted by Gasteiger charge is 2.33. The summed E-state index contributed by atoms with van der Waals surface area (Å²) in [5.41, 5.74) is 0.797. The van der Waals surface area contributed by atoms with Crippen LogP contribution in [0, 0.1) is 5.82 Å². The quantitative estimate of drug-likeness (QED) is 0.315. The molecule has 3 rings (SSSR count). The molecule has 0 fully saturated rings. The number of fused-ring (bicyclic) bond motifs is 1. The summed E-state index contributed by atoms with van der Waals surface area (Å²) in [6.07, 6.45) is 6.39. The zero-order valence-corrected chi connectivity index (χ0v) is 16.2. The van der Waals surface area contributed by atoms with E-state index in [1.807, 2.05) is 24.4 Å². The van der Waals surface area contributed by atoms with Gasteiger partial charge in [-0.3, -0.25) is 0 Å². The maximum Gasteiger partial charge on any atom is 0.416 e. The Labute approximate surface area is 171 Å². The van der Waals surface area contributed by atoms with Crippen LogP contribution in [0.25, 0.3) is 11.0 Å². The van der Waals surface area contributed by atoms with Crippen molar-refractivity contribution in [3.8, 4) is 0 Å². The van der Waals surface area contributed by atoms with Gasteiger partial charge in [-0.25, -0.2) is 14.4 Å². The SMILES string of the molecule is C\C=C/C(=N\C=C\Cc1c[nH]c2ncccc12)NCc1cc(F)ccc1C(F)(F)F. The van der Waals surface area contributed by atoms with Gasteiger partial charge in [-0.05, 0) is 60.9 Å². The van der Waals surface area contributed by atoms with Crippen molar-refractivity contribution < 1.29 is 17.6 Å². The Balaban J connectivity index is 1.70. The number of alkyl halides is 3. The highest BCUT2D eigenvalue weighted by atomic mass is 19.4. The molecule has 0 saturated carbocycles. The minimum atomic E-state index is -4.56. The first-order chi connectivity index (χ1) is 14.4. The van der Waals surface area contributed by atoms with Crippen LogP contribution < -0.4 is 5.32 Å². The normalized spacial score (nSPS) is 13.0. The van der Waals surface area contributed by atoms with Crippen LogP contribution in [-0.2, 0) is 19.1 Å². The molecular formula is C22H20F4N4. The molecule has 4 nitrogen and oxygen atoms in total. The Morgan fingerprint density at radius 1 is 1.23 bits per heavy atom. The minimum Gasteiger partial charge on any atom is -0.366 e. The predicted molar refractivity (Wildman–Crippen MR) is 109 cm³/mol. The number of amidine groups is 1. The van der Waals surface area contributed by atoms with E-state index in [0.717, 1.165) is 34.8 Å². The van der Waals surface area contributed by atoms with Gasteiger partial charge in [-0.15, -0.1) is 0 Å². The Kier molecular flexibility index (Phi) is 6.66. The number of benzene rings is 1. The van der Waals surface area contributed by atoms with Gasteiger partial charge in [0.2, 0.25) is 0 Å². The Hall–Kier alpha value is -3.42. The molecule has 0 aliphatic rings. The number of aromatic nitrogens is 2. The number of hydrogen-bond acceptors (Lipinski definition) is 2. The maximum absolute atomic E-state index is 13.4. The Morgan fingerprint density at radius 3 is 2.83 bits per heavy atom. The molecular weight excluding hydrogens is 396 g/mol. The number of rotatable bonds is 6. The van der Waals surface area contributed by atoms with Crippen molar-refractivity contribution in [2.75, 3.05) is 0 Å². The molecule has 0 unspecified atom stereocenters. The molecule has 156 valence electrons. The molecule has 0 bridgehead atoms. The van der Waals surface area contributed by atoms with Crippen molar-refractivity contribution >= 4 is 16.9 Å². The number of nitrogens with zero attached hydrogens (tertiary/aromatic N) is 2. The van der Waals surface area contributed by atoms with Crippen LogP contribution in [0.4, 0.5) is 17.6 Å². The fourth-order valence-electron chi connectivity index (χ4n) is 2.97. The average molecular weight is 416 g/mol. The van der Waals surface area contributed by atoms with Gasteiger partial charge < -0.3 is 10.3 Å². The van der Waals surface area contributed by atoms with Gasteiger partial charge in [0.05, 0.1) is 5.56 Å². The molecule has 3 aromatic rings. The van der Waals surface area contributed by atoms with E-state index >= 15 is 0 Å². The van der Waals surface area contributed by atoms with E-state index in [-0.39, 0.29) is 12.1 Å². The average Bonchev–Trinajstić information content (AvgIpc) is 3.11. The first kappa shape index (κ1) is 21.3. The van der Waals surface area contributed by atoms with Crippen LogP contribution in [0.5, 0.6) is 0 Å². The number of hydrogen-bond donors (Lipinski definition) is 2. The van der Waals surface area contributed by atoms with E-state index < -0.39 is 17.6 Å². The lowest BCUT2D eigenvalue weighted by Gasteiger charge is -2.14. The Bertz CT molecular complexity index is 1090. The molecule has 8 heteroatoms. The summed E-state index contributed by atoms with van der Waals surface area (Å²) in [7, 11) is 0. The summed E-state index contributed by atoms with van der Waals surface area (Å²) in [6, 6.07) is 6.25. The van der Waals surface area contributed by atoms with E-state index in [4.69, 9.17) is 0 Å². The molecule has 0 aliphatic carbocycles. The third-order valence-corrected chi connectivity index (χ3v) is 4.35. The highest BCUT2D eigenvalue weighted by Crippen LogP contribution is 2.32. The van der Waals surface area contributed by atoms with Gasteiger partial charge in [-0.1, -0.05) is 12.2 Å². The maximum atomic E-state index is 13.4. The third-order valence-electron chi connectivity index (χ3n) is 4.35. The van der Waals surface area contributed by atoms with Crippen molar-refractivity contribution in [2.45, 2.75) is 26.1 Å². The number of aliphatic imine (C=N–C) groups is 1. The van der Waals surface area contributed by atoms with Gasteiger partial charge in [0.1, 0.15) is 17.3 Å². The zero-order chi connectivity index (χ0) is 21.6. The van der Waals surface area contributed by atoms with Crippen LogP contribution >= 0.6 is 0 Å². The first-order valence-electron chi connectivity index (χ1n) is 9.24. The van der Waals surface area contributed by atoms with E-state index in [1.54, 1.807) is 31.5 Å². The summed E-state index contributed by atoms with van der Waals surface area (Å²) < 4.78 is 52.8. The van der Waals surface area contributed by atoms with Crippen LogP contribution in [-0.4, -0.2) is 15.8 Å². The molecule has 0 atom stereocenters. The molecule has 2 aromatic heterocycles. The van der Waals surface area contributed by atoms with E-state index in [1.165, 1.54) is 0 Å². The second-order valence-corrected chi connectivity index (χ2v) is 6.47. The number of allylic oxidation sites excluding steroid dienone is 2. The molecule has 1 aromatic carbocycles. The first-order valence-corrected chi connectivity index (χ1v) is 9.24. The molecule has 0 amide bonds. The number of halogens is 4. The van der Waals surface area contributed by atoms with Gasteiger partial charge >= 0.3 is 6.18 Å². The van der Waals surface area contributed by atoms with Crippen LogP contribution in [0.1, 0.15) is 23.6 Å². The standard InChI is InChI=1S/C22H20F4N4/c1-2-5-20(29-14-16-12-17(23)8-9-19(16)22(24,25)26)27-10-3-6-15-13-30-21-18(15)7-4-11-28-21/h2-5,7-13H,6,14H2,1H3,(H,27,29)(H,28,30)/b5-2-,10-3+. The van der Waals surface area contributed by atoms with Gasteiger partial charge in [0.25, 0.3) is 0 Å². The lowest BCUT2D eigenvalue weighted by molar-refractivity contribution is -0.138. The fraction of sp³-hybridized carbons (Fsp3) is 0.182. The van der Waals surface area contributed by atoms with E-state index in [0.29, 0.717) is 12.3 Å². The molecule has 0 saturated heterocycles. The van der Waals surface area contributed by atoms with Crippen molar-refractivity contribution in [3.05, 3.63) is 89.7 Å².